The Labute approximate surface area is 163 Å². The zero-order chi connectivity index (χ0) is 20.0. The SMILES string of the molecule is CC(=O)SC[C@@H]1CCCCCC[C@@H](C(=O)N2C[C@H](O)C[C@H]2C(=O)O)NC1=O. The van der Waals surface area contributed by atoms with Gasteiger partial charge in [-0.05, 0) is 12.8 Å². The number of carboxylic acids is 1. The van der Waals surface area contributed by atoms with Crippen molar-refractivity contribution in [1.82, 2.24) is 10.2 Å². The van der Waals surface area contributed by atoms with Crippen LogP contribution in [0.5, 0.6) is 0 Å². The van der Waals surface area contributed by atoms with Crippen molar-refractivity contribution in [2.75, 3.05) is 12.3 Å². The second kappa shape index (κ2) is 10.1. The highest BCUT2D eigenvalue weighted by molar-refractivity contribution is 8.13. The molecule has 2 rings (SSSR count). The van der Waals surface area contributed by atoms with Crippen molar-refractivity contribution in [3.05, 3.63) is 0 Å². The molecule has 27 heavy (non-hydrogen) atoms. The van der Waals surface area contributed by atoms with Crippen molar-refractivity contribution in [1.29, 1.82) is 0 Å². The number of likely N-dealkylation sites (tertiary alicyclic amines) is 1. The molecule has 0 aromatic carbocycles. The summed E-state index contributed by atoms with van der Waals surface area (Å²) in [4.78, 5) is 49.4. The summed E-state index contributed by atoms with van der Waals surface area (Å²) in [6.07, 6.45) is 3.77. The van der Waals surface area contributed by atoms with Gasteiger partial charge in [0, 0.05) is 31.6 Å². The van der Waals surface area contributed by atoms with Crippen LogP contribution in [-0.4, -0.2) is 68.5 Å². The largest absolute Gasteiger partial charge is 0.480 e. The highest BCUT2D eigenvalue weighted by Gasteiger charge is 2.41. The van der Waals surface area contributed by atoms with Gasteiger partial charge in [0.25, 0.3) is 0 Å². The van der Waals surface area contributed by atoms with E-state index in [2.05, 4.69) is 5.32 Å². The molecular weight excluding hydrogens is 372 g/mol. The van der Waals surface area contributed by atoms with Crippen LogP contribution in [0.2, 0.25) is 0 Å². The van der Waals surface area contributed by atoms with Crippen LogP contribution >= 0.6 is 11.8 Å². The van der Waals surface area contributed by atoms with Crippen LogP contribution in [-0.2, 0) is 19.2 Å². The van der Waals surface area contributed by atoms with E-state index < -0.39 is 30.1 Å². The first-order valence-electron chi connectivity index (χ1n) is 9.44. The van der Waals surface area contributed by atoms with Gasteiger partial charge in [0.2, 0.25) is 11.8 Å². The van der Waals surface area contributed by atoms with E-state index in [0.717, 1.165) is 37.4 Å². The molecule has 0 bridgehead atoms. The fraction of sp³-hybridized carbons (Fsp3) is 0.778. The van der Waals surface area contributed by atoms with Crippen LogP contribution < -0.4 is 5.32 Å². The summed E-state index contributed by atoms with van der Waals surface area (Å²) in [5.74, 6) is -1.85. The van der Waals surface area contributed by atoms with Gasteiger partial charge >= 0.3 is 5.97 Å². The lowest BCUT2D eigenvalue weighted by Gasteiger charge is -2.29. The standard InChI is InChI=1S/C18H28N2O6S/c1-11(21)27-10-12-6-4-2-3-5-7-14(19-16(12)23)17(24)20-9-13(22)8-15(20)18(25)26/h12-15,22H,2-10H2,1H3,(H,19,23)(H,25,26)/t12-,13+,14-,15-/m0/s1. The molecule has 0 saturated carbocycles. The monoisotopic (exact) mass is 400 g/mol. The van der Waals surface area contributed by atoms with Crippen LogP contribution in [0.1, 0.15) is 51.9 Å². The minimum absolute atomic E-state index is 0.000381. The number of carbonyl (C=O) groups is 4. The number of aliphatic hydroxyl groups is 1. The Kier molecular flexibility index (Phi) is 8.09. The van der Waals surface area contributed by atoms with Gasteiger partial charge < -0.3 is 20.4 Å². The fourth-order valence-electron chi connectivity index (χ4n) is 3.64. The molecule has 3 N–H and O–H groups in total. The van der Waals surface area contributed by atoms with Gasteiger partial charge in [0.1, 0.15) is 12.1 Å². The number of aliphatic hydroxyl groups excluding tert-OH is 1. The molecule has 2 heterocycles. The van der Waals surface area contributed by atoms with Crippen molar-refractivity contribution < 1.29 is 29.4 Å². The number of nitrogens with zero attached hydrogens (tertiary/aromatic N) is 1. The highest BCUT2D eigenvalue weighted by Crippen LogP contribution is 2.23. The van der Waals surface area contributed by atoms with E-state index in [0.29, 0.717) is 18.6 Å². The van der Waals surface area contributed by atoms with Gasteiger partial charge in [-0.3, -0.25) is 14.4 Å². The van der Waals surface area contributed by atoms with Crippen LogP contribution in [0.25, 0.3) is 0 Å². The van der Waals surface area contributed by atoms with Gasteiger partial charge in [0.05, 0.1) is 6.10 Å². The summed E-state index contributed by atoms with van der Waals surface area (Å²) in [6, 6.07) is -1.86. The summed E-state index contributed by atoms with van der Waals surface area (Å²) < 4.78 is 0. The number of hydrogen-bond donors (Lipinski definition) is 3. The van der Waals surface area contributed by atoms with Crippen molar-refractivity contribution in [2.45, 2.75) is 70.1 Å². The number of amides is 2. The smallest absolute Gasteiger partial charge is 0.326 e. The second-order valence-electron chi connectivity index (χ2n) is 7.29. The summed E-state index contributed by atoms with van der Waals surface area (Å²) >= 11 is 1.10. The predicted molar refractivity (Wildman–Crippen MR) is 100 cm³/mol. The van der Waals surface area contributed by atoms with Crippen LogP contribution in [0.15, 0.2) is 0 Å². The van der Waals surface area contributed by atoms with E-state index in [1.54, 1.807) is 0 Å². The van der Waals surface area contributed by atoms with Gasteiger partial charge in [-0.1, -0.05) is 37.4 Å². The Bertz CT molecular complexity index is 584. The highest BCUT2D eigenvalue weighted by atomic mass is 32.2. The van der Waals surface area contributed by atoms with Crippen LogP contribution in [0.3, 0.4) is 0 Å². The van der Waals surface area contributed by atoms with E-state index >= 15 is 0 Å². The molecule has 4 atom stereocenters. The van der Waals surface area contributed by atoms with Gasteiger partial charge in [0.15, 0.2) is 5.12 Å². The Morgan fingerprint density at radius 2 is 1.85 bits per heavy atom. The van der Waals surface area contributed by atoms with Gasteiger partial charge in [-0.15, -0.1) is 0 Å². The first-order valence-corrected chi connectivity index (χ1v) is 10.4. The third kappa shape index (κ3) is 6.21. The Morgan fingerprint density at radius 3 is 2.48 bits per heavy atom. The maximum atomic E-state index is 12.9. The lowest BCUT2D eigenvalue weighted by atomic mass is 9.97. The first-order chi connectivity index (χ1) is 12.8. The molecule has 9 heteroatoms. The topological polar surface area (TPSA) is 124 Å². The molecule has 2 amide bonds. The average molecular weight is 400 g/mol. The third-order valence-electron chi connectivity index (χ3n) is 5.12. The van der Waals surface area contributed by atoms with Gasteiger partial charge in [-0.2, -0.15) is 0 Å². The fourth-order valence-corrected chi connectivity index (χ4v) is 4.39. The third-order valence-corrected chi connectivity index (χ3v) is 6.09. The molecule has 0 aromatic heterocycles. The van der Waals surface area contributed by atoms with Crippen molar-refractivity contribution in [3.63, 3.8) is 0 Å². The maximum Gasteiger partial charge on any atom is 0.326 e. The molecule has 152 valence electrons. The molecule has 2 fully saturated rings. The molecule has 2 aliphatic heterocycles. The van der Waals surface area contributed by atoms with E-state index in [9.17, 15) is 29.4 Å². The number of β-amino-alcohol motifs (C(OH)–C–C–N with tert-alkyl or cyclic N) is 1. The number of hydrogen-bond acceptors (Lipinski definition) is 6. The minimum atomic E-state index is -1.15. The van der Waals surface area contributed by atoms with E-state index in [4.69, 9.17) is 0 Å². The Hall–Kier alpha value is -1.61. The number of carboxylic acid groups (broad SMARTS) is 1. The Morgan fingerprint density at radius 1 is 1.19 bits per heavy atom. The molecule has 2 aliphatic rings. The molecule has 0 spiro atoms. The zero-order valence-corrected chi connectivity index (χ0v) is 16.4. The van der Waals surface area contributed by atoms with Crippen molar-refractivity contribution in [2.24, 2.45) is 5.92 Å². The van der Waals surface area contributed by atoms with E-state index in [1.165, 1.54) is 11.8 Å². The molecule has 2 saturated heterocycles. The van der Waals surface area contributed by atoms with E-state index in [1.807, 2.05) is 0 Å². The number of thioether (sulfide) groups is 1. The van der Waals surface area contributed by atoms with Gasteiger partial charge in [-0.25, -0.2) is 4.79 Å². The van der Waals surface area contributed by atoms with Crippen molar-refractivity contribution in [3.8, 4) is 0 Å². The van der Waals surface area contributed by atoms with E-state index in [-0.39, 0.29) is 29.9 Å². The molecule has 0 aliphatic carbocycles. The minimum Gasteiger partial charge on any atom is -0.480 e. The summed E-state index contributed by atoms with van der Waals surface area (Å²) in [5.41, 5.74) is 0. The molecule has 8 nitrogen and oxygen atoms in total. The number of aliphatic carboxylic acids is 1. The Balaban J connectivity index is 2.10. The summed E-state index contributed by atoms with van der Waals surface area (Å²) in [7, 11) is 0. The second-order valence-corrected chi connectivity index (χ2v) is 8.48. The normalized spacial score (nSPS) is 29.9. The first kappa shape index (κ1) is 21.7. The zero-order valence-electron chi connectivity index (χ0n) is 15.6. The quantitative estimate of drug-likeness (QED) is 0.637. The molecular formula is C18H28N2O6S. The predicted octanol–water partition coefficient (Wildman–Crippen LogP) is 0.768. The summed E-state index contributed by atoms with van der Waals surface area (Å²) in [5, 5.41) is 21.8. The van der Waals surface area contributed by atoms with Crippen molar-refractivity contribution >= 4 is 34.7 Å². The molecule has 0 aromatic rings. The average Bonchev–Trinajstić information content (AvgIpc) is 3.00. The lowest BCUT2D eigenvalue weighted by molar-refractivity contribution is -0.149. The number of nitrogens with one attached hydrogen (secondary N) is 1. The number of carbonyl (C=O) groups excluding carboxylic acids is 3. The molecule has 0 radical (unpaired) electrons. The number of rotatable bonds is 4. The van der Waals surface area contributed by atoms with Crippen LogP contribution in [0.4, 0.5) is 0 Å². The molecule has 0 unspecified atom stereocenters. The lowest BCUT2D eigenvalue weighted by Crippen LogP contribution is -2.53. The summed E-state index contributed by atoms with van der Waals surface area (Å²) in [6.45, 7) is 1.42. The van der Waals surface area contributed by atoms with Crippen LogP contribution in [0, 0.1) is 5.92 Å². The maximum absolute atomic E-state index is 12.9.